The number of hydrogen-bond donors (Lipinski definition) is 1. The molecule has 2 rings (SSSR count). The highest BCUT2D eigenvalue weighted by Gasteiger charge is 2.25. The summed E-state index contributed by atoms with van der Waals surface area (Å²) in [5.41, 5.74) is 6.69. The molecule has 3 nitrogen and oxygen atoms in total. The van der Waals surface area contributed by atoms with Crippen LogP contribution in [0.1, 0.15) is 32.6 Å². The maximum Gasteiger partial charge on any atom is 0.233 e. The number of amides is 1. The average molecular weight is 357 g/mol. The summed E-state index contributed by atoms with van der Waals surface area (Å²) in [4.78, 5) is 15.4. The summed E-state index contributed by atoms with van der Waals surface area (Å²) in [6.45, 7) is 3.07. The molecule has 0 aliphatic carbocycles. The molecule has 1 saturated heterocycles. The Kier molecular flexibility index (Phi) is 5.78. The van der Waals surface area contributed by atoms with E-state index in [1.807, 2.05) is 18.2 Å². The Morgan fingerprint density at radius 3 is 3.00 bits per heavy atom. The van der Waals surface area contributed by atoms with E-state index in [1.54, 1.807) is 0 Å². The Balaban J connectivity index is 1.94. The Hall–Kier alpha value is -0.680. The summed E-state index contributed by atoms with van der Waals surface area (Å²) in [5, 5.41) is 0. The number of nitrogens with zero attached hydrogens (tertiary/aromatic N) is 1. The van der Waals surface area contributed by atoms with E-state index in [1.165, 1.54) is 18.2 Å². The third-order valence-corrected chi connectivity index (χ3v) is 5.31. The summed E-state index contributed by atoms with van der Waals surface area (Å²) in [5.74, 6) is 0.714. The number of anilines is 1. The third kappa shape index (κ3) is 3.92. The summed E-state index contributed by atoms with van der Waals surface area (Å²) in [6, 6.07) is 6.23. The van der Waals surface area contributed by atoms with Crippen LogP contribution in [0.15, 0.2) is 27.6 Å². The number of carbonyl (C=O) groups excluding carboxylic acids is 1. The second-order valence-electron chi connectivity index (χ2n) is 5.12. The normalized spacial score (nSPS) is 19.1. The molecule has 110 valence electrons. The van der Waals surface area contributed by atoms with Crippen molar-refractivity contribution in [2.24, 2.45) is 0 Å². The molecule has 1 fully saturated rings. The molecule has 5 heteroatoms. The van der Waals surface area contributed by atoms with Crippen LogP contribution in [0.2, 0.25) is 0 Å². The van der Waals surface area contributed by atoms with Crippen molar-refractivity contribution in [3.8, 4) is 0 Å². The first-order valence-electron chi connectivity index (χ1n) is 7.09. The molecule has 20 heavy (non-hydrogen) atoms. The molecule has 0 bridgehead atoms. The predicted octanol–water partition coefficient (Wildman–Crippen LogP) is 3.91. The van der Waals surface area contributed by atoms with Gasteiger partial charge in [0.1, 0.15) is 0 Å². The molecule has 1 aliphatic heterocycles. The maximum atomic E-state index is 12.4. The molecule has 0 spiro atoms. The zero-order chi connectivity index (χ0) is 14.5. The van der Waals surface area contributed by atoms with Crippen LogP contribution in [0.25, 0.3) is 0 Å². The Morgan fingerprint density at radius 2 is 2.30 bits per heavy atom. The molecule has 1 aliphatic rings. The minimum atomic E-state index is 0.240. The molecule has 0 saturated carbocycles. The van der Waals surface area contributed by atoms with Crippen molar-refractivity contribution in [1.29, 1.82) is 0 Å². The van der Waals surface area contributed by atoms with Gasteiger partial charge in [-0.05, 0) is 43.9 Å². The molecule has 1 unspecified atom stereocenters. The van der Waals surface area contributed by atoms with Gasteiger partial charge in [0.05, 0.1) is 5.75 Å². The topological polar surface area (TPSA) is 46.3 Å². The van der Waals surface area contributed by atoms with E-state index in [0.717, 1.165) is 40.9 Å². The van der Waals surface area contributed by atoms with Crippen LogP contribution in [-0.2, 0) is 4.79 Å². The van der Waals surface area contributed by atoms with Crippen molar-refractivity contribution in [3.05, 3.63) is 22.7 Å². The van der Waals surface area contributed by atoms with E-state index in [2.05, 4.69) is 27.8 Å². The fourth-order valence-corrected chi connectivity index (χ4v) is 3.84. The van der Waals surface area contributed by atoms with Gasteiger partial charge in [-0.1, -0.05) is 22.9 Å². The number of nitrogen functional groups attached to an aromatic ring is 1. The molecule has 2 N–H and O–H groups in total. The summed E-state index contributed by atoms with van der Waals surface area (Å²) < 4.78 is 0.966. The maximum absolute atomic E-state index is 12.4. The Labute approximate surface area is 133 Å². The molecule has 0 radical (unpaired) electrons. The van der Waals surface area contributed by atoms with Gasteiger partial charge in [-0.25, -0.2) is 0 Å². The molecule has 1 heterocycles. The molecule has 1 aromatic rings. The highest BCUT2D eigenvalue weighted by Crippen LogP contribution is 2.29. The van der Waals surface area contributed by atoms with Gasteiger partial charge in [0.15, 0.2) is 0 Å². The molecule has 1 amide bonds. The van der Waals surface area contributed by atoms with Gasteiger partial charge in [-0.3, -0.25) is 4.79 Å². The summed E-state index contributed by atoms with van der Waals surface area (Å²) >= 11 is 4.92. The SMILES string of the molecule is CCC1CCCCN1C(=O)CSc1ccc(Br)cc1N. The van der Waals surface area contributed by atoms with Crippen molar-refractivity contribution >= 4 is 39.3 Å². The van der Waals surface area contributed by atoms with Gasteiger partial charge in [-0.15, -0.1) is 11.8 Å². The van der Waals surface area contributed by atoms with Crippen molar-refractivity contribution in [3.63, 3.8) is 0 Å². The number of carbonyl (C=O) groups is 1. The first-order chi connectivity index (χ1) is 9.61. The monoisotopic (exact) mass is 356 g/mol. The van der Waals surface area contributed by atoms with Crippen LogP contribution in [0.3, 0.4) is 0 Å². The number of hydrogen-bond acceptors (Lipinski definition) is 3. The van der Waals surface area contributed by atoms with E-state index in [9.17, 15) is 4.79 Å². The van der Waals surface area contributed by atoms with Crippen LogP contribution in [-0.4, -0.2) is 29.1 Å². The third-order valence-electron chi connectivity index (χ3n) is 3.74. The second kappa shape index (κ2) is 7.36. The smallest absolute Gasteiger partial charge is 0.233 e. The lowest BCUT2D eigenvalue weighted by Crippen LogP contribution is -2.44. The molecule has 1 aromatic carbocycles. The predicted molar refractivity (Wildman–Crippen MR) is 88.9 cm³/mol. The minimum Gasteiger partial charge on any atom is -0.398 e. The van der Waals surface area contributed by atoms with Crippen LogP contribution in [0, 0.1) is 0 Å². The average Bonchev–Trinajstić information content (AvgIpc) is 2.46. The van der Waals surface area contributed by atoms with E-state index in [4.69, 9.17) is 5.73 Å². The lowest BCUT2D eigenvalue weighted by Gasteiger charge is -2.35. The Morgan fingerprint density at radius 1 is 1.50 bits per heavy atom. The van der Waals surface area contributed by atoms with Gasteiger partial charge in [0, 0.05) is 27.6 Å². The summed E-state index contributed by atoms with van der Waals surface area (Å²) in [7, 11) is 0. The highest BCUT2D eigenvalue weighted by atomic mass is 79.9. The van der Waals surface area contributed by atoms with Gasteiger partial charge in [-0.2, -0.15) is 0 Å². The number of thioether (sulfide) groups is 1. The van der Waals surface area contributed by atoms with Crippen LogP contribution < -0.4 is 5.73 Å². The molecule has 0 aromatic heterocycles. The molecular weight excluding hydrogens is 336 g/mol. The van der Waals surface area contributed by atoms with Gasteiger partial charge < -0.3 is 10.6 Å². The first-order valence-corrected chi connectivity index (χ1v) is 8.87. The van der Waals surface area contributed by atoms with Gasteiger partial charge >= 0.3 is 0 Å². The fraction of sp³-hybridized carbons (Fsp3) is 0.533. The number of rotatable bonds is 4. The van der Waals surface area contributed by atoms with Crippen LogP contribution >= 0.6 is 27.7 Å². The summed E-state index contributed by atoms with van der Waals surface area (Å²) in [6.07, 6.45) is 4.58. The minimum absolute atomic E-state index is 0.240. The number of nitrogens with two attached hydrogens (primary N) is 1. The fourth-order valence-electron chi connectivity index (χ4n) is 2.63. The van der Waals surface area contributed by atoms with Gasteiger partial charge in [0.2, 0.25) is 5.91 Å². The van der Waals surface area contributed by atoms with E-state index in [0.29, 0.717) is 11.8 Å². The number of piperidine rings is 1. The zero-order valence-corrected chi connectivity index (χ0v) is 14.2. The highest BCUT2D eigenvalue weighted by molar-refractivity contribution is 9.10. The lowest BCUT2D eigenvalue weighted by molar-refractivity contribution is -0.132. The number of benzene rings is 1. The van der Waals surface area contributed by atoms with Gasteiger partial charge in [0.25, 0.3) is 0 Å². The van der Waals surface area contributed by atoms with Crippen LogP contribution in [0.4, 0.5) is 5.69 Å². The van der Waals surface area contributed by atoms with Crippen molar-refractivity contribution in [2.75, 3.05) is 18.0 Å². The van der Waals surface area contributed by atoms with E-state index in [-0.39, 0.29) is 5.91 Å². The van der Waals surface area contributed by atoms with Crippen molar-refractivity contribution in [1.82, 2.24) is 4.90 Å². The van der Waals surface area contributed by atoms with Crippen molar-refractivity contribution < 1.29 is 4.79 Å². The second-order valence-corrected chi connectivity index (χ2v) is 7.05. The zero-order valence-electron chi connectivity index (χ0n) is 11.8. The number of likely N-dealkylation sites (tertiary alicyclic amines) is 1. The van der Waals surface area contributed by atoms with E-state index < -0.39 is 0 Å². The quantitative estimate of drug-likeness (QED) is 0.656. The standard InChI is InChI=1S/C15H21BrN2OS/c1-2-12-5-3-4-8-18(12)15(19)10-20-14-7-6-11(16)9-13(14)17/h6-7,9,12H,2-5,8,10,17H2,1H3. The first kappa shape index (κ1) is 15.7. The lowest BCUT2D eigenvalue weighted by atomic mass is 10.0. The van der Waals surface area contributed by atoms with E-state index >= 15 is 0 Å². The van der Waals surface area contributed by atoms with Crippen molar-refractivity contribution in [2.45, 2.75) is 43.5 Å². The molecule has 1 atom stereocenters. The Bertz CT molecular complexity index is 481. The largest absolute Gasteiger partial charge is 0.398 e. The number of halogens is 1. The molecular formula is C15H21BrN2OS. The van der Waals surface area contributed by atoms with Crippen LogP contribution in [0.5, 0.6) is 0 Å².